The summed E-state index contributed by atoms with van der Waals surface area (Å²) in [7, 11) is 0. The maximum atomic E-state index is 13.3. The van der Waals surface area contributed by atoms with E-state index < -0.39 is 5.54 Å². The topological polar surface area (TPSA) is 73.8 Å². The van der Waals surface area contributed by atoms with Crippen LogP contribution in [-0.4, -0.2) is 36.2 Å². The molecule has 0 spiro atoms. The summed E-state index contributed by atoms with van der Waals surface area (Å²) >= 11 is 12.3. The fraction of sp³-hybridized carbons (Fsp3) is 0.654. The standard InChI is InChI=1S/C26H40Cl2N4O2/c1-18(2)10-6-8-14-29-24(33)23-17-26(5,25(34)30-15-9-7-11-19(3)4)32(31-23)20-12-13-21(27)22(28)16-20/h12-13,16,18-19H,6-11,14-15,17H2,1-5H3,(H,29,33)(H,30,34). The van der Waals surface area contributed by atoms with Crippen molar-refractivity contribution in [3.05, 3.63) is 28.2 Å². The molecule has 0 saturated carbocycles. The van der Waals surface area contributed by atoms with Gasteiger partial charge < -0.3 is 10.6 Å². The number of amides is 2. The molecule has 1 aliphatic heterocycles. The van der Waals surface area contributed by atoms with Gasteiger partial charge in [0.05, 0.1) is 15.7 Å². The monoisotopic (exact) mass is 510 g/mol. The lowest BCUT2D eigenvalue weighted by molar-refractivity contribution is -0.125. The van der Waals surface area contributed by atoms with Crippen molar-refractivity contribution in [3.63, 3.8) is 0 Å². The molecule has 8 heteroatoms. The number of carbonyl (C=O) groups is 2. The van der Waals surface area contributed by atoms with E-state index in [1.165, 1.54) is 0 Å². The largest absolute Gasteiger partial charge is 0.354 e. The first-order valence-electron chi connectivity index (χ1n) is 12.4. The second-order valence-corrected chi connectivity index (χ2v) is 11.0. The third kappa shape index (κ3) is 8.16. The number of carbonyl (C=O) groups excluding carboxylic acids is 2. The average molecular weight is 512 g/mol. The molecule has 0 aliphatic carbocycles. The number of hydrogen-bond acceptors (Lipinski definition) is 4. The highest BCUT2D eigenvalue weighted by Crippen LogP contribution is 2.36. The van der Waals surface area contributed by atoms with E-state index in [9.17, 15) is 9.59 Å². The number of halogens is 2. The Balaban J connectivity index is 2.11. The molecule has 190 valence electrons. The van der Waals surface area contributed by atoms with Gasteiger partial charge in [-0.15, -0.1) is 0 Å². The van der Waals surface area contributed by atoms with E-state index in [1.54, 1.807) is 23.2 Å². The van der Waals surface area contributed by atoms with E-state index in [1.807, 2.05) is 6.92 Å². The Bertz CT molecular complexity index is 872. The highest BCUT2D eigenvalue weighted by Gasteiger charge is 2.47. The van der Waals surface area contributed by atoms with E-state index in [-0.39, 0.29) is 18.2 Å². The van der Waals surface area contributed by atoms with Crippen LogP contribution < -0.4 is 15.6 Å². The van der Waals surface area contributed by atoms with Gasteiger partial charge in [0.1, 0.15) is 11.3 Å². The summed E-state index contributed by atoms with van der Waals surface area (Å²) in [4.78, 5) is 26.2. The molecule has 0 fully saturated rings. The maximum absolute atomic E-state index is 13.3. The number of unbranched alkanes of at least 4 members (excludes halogenated alkanes) is 2. The van der Waals surface area contributed by atoms with Crippen LogP contribution in [0.4, 0.5) is 5.69 Å². The van der Waals surface area contributed by atoms with Gasteiger partial charge in [0, 0.05) is 19.5 Å². The van der Waals surface area contributed by atoms with Crippen molar-refractivity contribution in [2.45, 2.75) is 85.1 Å². The maximum Gasteiger partial charge on any atom is 0.267 e. The lowest BCUT2D eigenvalue weighted by Crippen LogP contribution is -2.53. The molecule has 0 radical (unpaired) electrons. The minimum atomic E-state index is -1.04. The van der Waals surface area contributed by atoms with Crippen LogP contribution >= 0.6 is 23.2 Å². The smallest absolute Gasteiger partial charge is 0.267 e. The number of nitrogens with zero attached hydrogens (tertiary/aromatic N) is 2. The molecule has 1 aromatic rings. The molecule has 2 amide bonds. The quantitative estimate of drug-likeness (QED) is 0.310. The van der Waals surface area contributed by atoms with Crippen LogP contribution in [0.1, 0.15) is 79.6 Å². The third-order valence-corrected chi connectivity index (χ3v) is 6.83. The zero-order chi connectivity index (χ0) is 25.3. The first-order valence-corrected chi connectivity index (χ1v) is 13.2. The third-order valence-electron chi connectivity index (χ3n) is 6.09. The molecular weight excluding hydrogens is 471 g/mol. The molecule has 1 heterocycles. The Hall–Kier alpha value is -1.79. The highest BCUT2D eigenvalue weighted by atomic mass is 35.5. The average Bonchev–Trinajstić information content (AvgIpc) is 3.13. The summed E-state index contributed by atoms with van der Waals surface area (Å²) < 4.78 is 0. The van der Waals surface area contributed by atoms with E-state index in [0.29, 0.717) is 46.4 Å². The molecule has 2 N–H and O–H groups in total. The molecule has 2 rings (SSSR count). The van der Waals surface area contributed by atoms with Crippen molar-refractivity contribution in [2.75, 3.05) is 18.1 Å². The van der Waals surface area contributed by atoms with Crippen LogP contribution in [0.15, 0.2) is 23.3 Å². The van der Waals surface area contributed by atoms with Crippen LogP contribution in [0.2, 0.25) is 10.0 Å². The van der Waals surface area contributed by atoms with Gasteiger partial charge in [0.15, 0.2) is 0 Å². The Morgan fingerprint density at radius 2 is 1.56 bits per heavy atom. The lowest BCUT2D eigenvalue weighted by Gasteiger charge is -2.33. The van der Waals surface area contributed by atoms with Gasteiger partial charge in [-0.25, -0.2) is 5.01 Å². The minimum absolute atomic E-state index is 0.161. The summed E-state index contributed by atoms with van der Waals surface area (Å²) in [6.07, 6.45) is 6.44. The van der Waals surface area contributed by atoms with Crippen molar-refractivity contribution >= 4 is 46.4 Å². The highest BCUT2D eigenvalue weighted by molar-refractivity contribution is 6.42. The van der Waals surface area contributed by atoms with Gasteiger partial charge >= 0.3 is 0 Å². The van der Waals surface area contributed by atoms with E-state index in [0.717, 1.165) is 38.5 Å². The Morgan fingerprint density at radius 1 is 0.971 bits per heavy atom. The van der Waals surface area contributed by atoms with E-state index >= 15 is 0 Å². The van der Waals surface area contributed by atoms with E-state index in [2.05, 4.69) is 43.4 Å². The SMILES string of the molecule is CC(C)CCCCNC(=O)C1=NN(c2ccc(Cl)c(Cl)c2)C(C)(C(=O)NCCCCC(C)C)C1. The van der Waals surface area contributed by atoms with Crippen molar-refractivity contribution in [1.29, 1.82) is 0 Å². The molecule has 1 atom stereocenters. The zero-order valence-corrected chi connectivity index (χ0v) is 22.7. The number of hydrazone groups is 1. The molecule has 0 saturated heterocycles. The fourth-order valence-corrected chi connectivity index (χ4v) is 4.27. The van der Waals surface area contributed by atoms with Crippen LogP contribution in [0.5, 0.6) is 0 Å². The van der Waals surface area contributed by atoms with Gasteiger partial charge in [-0.05, 0) is 49.8 Å². The van der Waals surface area contributed by atoms with Crippen LogP contribution in [0, 0.1) is 11.8 Å². The van der Waals surface area contributed by atoms with Crippen LogP contribution in [0.25, 0.3) is 0 Å². The van der Waals surface area contributed by atoms with Gasteiger partial charge in [0.25, 0.3) is 5.91 Å². The predicted octanol–water partition coefficient (Wildman–Crippen LogP) is 6.20. The molecule has 0 aromatic heterocycles. The van der Waals surface area contributed by atoms with Crippen LogP contribution in [-0.2, 0) is 9.59 Å². The van der Waals surface area contributed by atoms with Crippen molar-refractivity contribution in [1.82, 2.24) is 10.6 Å². The predicted molar refractivity (Wildman–Crippen MR) is 143 cm³/mol. The number of benzene rings is 1. The van der Waals surface area contributed by atoms with Crippen molar-refractivity contribution in [2.24, 2.45) is 16.9 Å². The summed E-state index contributed by atoms with van der Waals surface area (Å²) in [6.45, 7) is 11.8. The van der Waals surface area contributed by atoms with E-state index in [4.69, 9.17) is 23.2 Å². The minimum Gasteiger partial charge on any atom is -0.354 e. The van der Waals surface area contributed by atoms with Crippen molar-refractivity contribution in [3.8, 4) is 0 Å². The molecule has 34 heavy (non-hydrogen) atoms. The first-order chi connectivity index (χ1) is 16.0. The van der Waals surface area contributed by atoms with Crippen molar-refractivity contribution < 1.29 is 9.59 Å². The van der Waals surface area contributed by atoms with Gasteiger partial charge in [-0.1, -0.05) is 76.6 Å². The Labute approximate surface area is 214 Å². The molecule has 1 aromatic carbocycles. The second-order valence-electron chi connectivity index (χ2n) is 10.2. The first kappa shape index (κ1) is 28.4. The second kappa shape index (κ2) is 13.3. The Morgan fingerprint density at radius 3 is 2.12 bits per heavy atom. The summed E-state index contributed by atoms with van der Waals surface area (Å²) in [5.41, 5.74) is -0.0848. The molecule has 6 nitrogen and oxygen atoms in total. The Kier molecular flexibility index (Phi) is 11.2. The summed E-state index contributed by atoms with van der Waals surface area (Å²) in [5.74, 6) is 0.905. The molecule has 0 bridgehead atoms. The lowest BCUT2D eigenvalue weighted by atomic mass is 9.93. The summed E-state index contributed by atoms with van der Waals surface area (Å²) in [5, 5.41) is 13.0. The molecule has 1 unspecified atom stereocenters. The number of rotatable bonds is 13. The molecule has 1 aliphatic rings. The zero-order valence-electron chi connectivity index (χ0n) is 21.2. The van der Waals surface area contributed by atoms with Crippen LogP contribution in [0.3, 0.4) is 0 Å². The molecular formula is C26H40Cl2N4O2. The fourth-order valence-electron chi connectivity index (χ4n) is 3.98. The summed E-state index contributed by atoms with van der Waals surface area (Å²) in [6, 6.07) is 5.11. The normalized spacial score (nSPS) is 17.9. The van der Waals surface area contributed by atoms with Gasteiger partial charge in [-0.2, -0.15) is 5.10 Å². The number of nitrogens with one attached hydrogen (secondary N) is 2. The van der Waals surface area contributed by atoms with Gasteiger partial charge in [-0.3, -0.25) is 9.59 Å². The number of anilines is 1. The number of hydrogen-bond donors (Lipinski definition) is 2. The van der Waals surface area contributed by atoms with Gasteiger partial charge in [0.2, 0.25) is 5.91 Å².